The first-order valence-electron chi connectivity index (χ1n) is 6.26. The highest BCUT2D eigenvalue weighted by Gasteiger charge is 2.27. The highest BCUT2D eigenvalue weighted by molar-refractivity contribution is 5.99. The van der Waals surface area contributed by atoms with Crippen LogP contribution in [0.3, 0.4) is 0 Å². The lowest BCUT2D eigenvalue weighted by Crippen LogP contribution is -2.43. The second-order valence-electron chi connectivity index (χ2n) is 5.07. The van der Waals surface area contributed by atoms with Crippen molar-refractivity contribution in [3.63, 3.8) is 0 Å². The van der Waals surface area contributed by atoms with Gasteiger partial charge in [-0.1, -0.05) is 6.07 Å². The van der Waals surface area contributed by atoms with Gasteiger partial charge in [0.1, 0.15) is 0 Å². The minimum atomic E-state index is -0.696. The number of methoxy groups -OCH3 is 1. The quantitative estimate of drug-likeness (QED) is 0.694. The summed E-state index contributed by atoms with van der Waals surface area (Å²) in [4.78, 5) is 23.8. The molecule has 2 amide bonds. The van der Waals surface area contributed by atoms with Crippen molar-refractivity contribution in [1.82, 2.24) is 10.6 Å². The summed E-state index contributed by atoms with van der Waals surface area (Å²) in [7, 11) is 3.02. The Bertz CT molecular complexity index is 512. The molecule has 1 aromatic rings. The maximum Gasteiger partial charge on any atom is 0.255 e. The molecule has 0 saturated carbocycles. The van der Waals surface area contributed by atoms with Crippen molar-refractivity contribution in [2.45, 2.75) is 13.8 Å². The fourth-order valence-electron chi connectivity index (χ4n) is 1.78. The van der Waals surface area contributed by atoms with Crippen LogP contribution in [0.4, 0.5) is 5.69 Å². The highest BCUT2D eigenvalue weighted by atomic mass is 16.5. The Kier molecular flexibility index (Phi) is 4.96. The van der Waals surface area contributed by atoms with Crippen LogP contribution in [0.2, 0.25) is 0 Å². The molecule has 110 valence electrons. The van der Waals surface area contributed by atoms with Crippen molar-refractivity contribution < 1.29 is 14.3 Å². The van der Waals surface area contributed by atoms with E-state index in [1.807, 2.05) is 0 Å². The Morgan fingerprint density at radius 3 is 2.55 bits per heavy atom. The number of nitrogen functional groups attached to an aromatic ring is 1. The molecule has 0 aliphatic heterocycles. The summed E-state index contributed by atoms with van der Waals surface area (Å²) in [5, 5.41) is 5.29. The summed E-state index contributed by atoms with van der Waals surface area (Å²) in [5.74, 6) is -0.133. The summed E-state index contributed by atoms with van der Waals surface area (Å²) >= 11 is 0. The fraction of sp³-hybridized carbons (Fsp3) is 0.429. The third-order valence-corrected chi connectivity index (χ3v) is 3.03. The van der Waals surface area contributed by atoms with Crippen LogP contribution in [0.5, 0.6) is 5.75 Å². The number of para-hydroxylation sites is 1. The number of hydrogen-bond donors (Lipinski definition) is 3. The number of anilines is 1. The van der Waals surface area contributed by atoms with Crippen molar-refractivity contribution in [3.05, 3.63) is 23.8 Å². The number of hydrogen-bond acceptors (Lipinski definition) is 4. The molecule has 1 aromatic carbocycles. The Hall–Kier alpha value is -2.24. The monoisotopic (exact) mass is 279 g/mol. The van der Waals surface area contributed by atoms with Gasteiger partial charge < -0.3 is 21.1 Å². The van der Waals surface area contributed by atoms with Crippen LogP contribution >= 0.6 is 0 Å². The van der Waals surface area contributed by atoms with Gasteiger partial charge in [0.2, 0.25) is 5.91 Å². The van der Waals surface area contributed by atoms with Crippen molar-refractivity contribution >= 4 is 17.5 Å². The van der Waals surface area contributed by atoms with Gasteiger partial charge in [-0.3, -0.25) is 9.59 Å². The Morgan fingerprint density at radius 1 is 1.35 bits per heavy atom. The van der Waals surface area contributed by atoms with Gasteiger partial charge in [0.05, 0.1) is 23.8 Å². The largest absolute Gasteiger partial charge is 0.494 e. The third-order valence-electron chi connectivity index (χ3n) is 3.03. The molecule has 4 N–H and O–H groups in total. The van der Waals surface area contributed by atoms with Crippen molar-refractivity contribution in [2.75, 3.05) is 26.4 Å². The fourth-order valence-corrected chi connectivity index (χ4v) is 1.78. The first-order valence-corrected chi connectivity index (χ1v) is 6.26. The van der Waals surface area contributed by atoms with Gasteiger partial charge in [0.15, 0.2) is 5.75 Å². The van der Waals surface area contributed by atoms with Crippen LogP contribution in [0, 0.1) is 5.41 Å². The zero-order valence-corrected chi connectivity index (χ0v) is 12.2. The Balaban J connectivity index is 2.83. The smallest absolute Gasteiger partial charge is 0.255 e. The normalized spacial score (nSPS) is 10.8. The van der Waals surface area contributed by atoms with Crippen LogP contribution in [0.15, 0.2) is 18.2 Å². The van der Waals surface area contributed by atoms with Crippen molar-refractivity contribution in [1.29, 1.82) is 0 Å². The molecule has 6 nitrogen and oxygen atoms in total. The topological polar surface area (TPSA) is 93.5 Å². The summed E-state index contributed by atoms with van der Waals surface area (Å²) in [5.41, 5.74) is 5.80. The number of nitrogens with two attached hydrogens (primary N) is 1. The highest BCUT2D eigenvalue weighted by Crippen LogP contribution is 2.26. The molecule has 0 atom stereocenters. The zero-order valence-electron chi connectivity index (χ0n) is 12.2. The number of carbonyl (C=O) groups excluding carboxylic acids is 2. The number of benzene rings is 1. The van der Waals surface area contributed by atoms with E-state index in [2.05, 4.69) is 10.6 Å². The maximum atomic E-state index is 12.2. The minimum Gasteiger partial charge on any atom is -0.494 e. The van der Waals surface area contributed by atoms with Crippen LogP contribution in [-0.2, 0) is 4.79 Å². The van der Waals surface area contributed by atoms with E-state index in [1.165, 1.54) is 7.11 Å². The van der Waals surface area contributed by atoms with Crippen LogP contribution < -0.4 is 21.1 Å². The van der Waals surface area contributed by atoms with Gasteiger partial charge in [-0.15, -0.1) is 0 Å². The molecule has 1 rings (SSSR count). The molecule has 0 bridgehead atoms. The molecule has 0 aromatic heterocycles. The van der Waals surface area contributed by atoms with E-state index in [9.17, 15) is 9.59 Å². The second-order valence-corrected chi connectivity index (χ2v) is 5.07. The molecule has 20 heavy (non-hydrogen) atoms. The summed E-state index contributed by atoms with van der Waals surface area (Å²) in [6.07, 6.45) is 0. The average Bonchev–Trinajstić information content (AvgIpc) is 2.43. The number of carbonyl (C=O) groups is 2. The zero-order chi connectivity index (χ0) is 15.3. The van der Waals surface area contributed by atoms with E-state index in [1.54, 1.807) is 39.1 Å². The first kappa shape index (κ1) is 15.8. The predicted molar refractivity (Wildman–Crippen MR) is 77.6 cm³/mol. The van der Waals surface area contributed by atoms with Crippen molar-refractivity contribution in [3.8, 4) is 5.75 Å². The van der Waals surface area contributed by atoms with Crippen LogP contribution in [0.25, 0.3) is 0 Å². The summed E-state index contributed by atoms with van der Waals surface area (Å²) < 4.78 is 5.13. The Labute approximate surface area is 118 Å². The second kappa shape index (κ2) is 6.27. The number of nitrogens with one attached hydrogen (secondary N) is 2. The number of rotatable bonds is 5. The lowest BCUT2D eigenvalue weighted by molar-refractivity contribution is -0.128. The van der Waals surface area contributed by atoms with Crippen LogP contribution in [-0.4, -0.2) is 32.5 Å². The van der Waals surface area contributed by atoms with E-state index >= 15 is 0 Å². The van der Waals surface area contributed by atoms with E-state index in [0.717, 1.165) is 0 Å². The predicted octanol–water partition coefficient (Wildman–Crippen LogP) is 0.779. The first-order chi connectivity index (χ1) is 9.33. The maximum absolute atomic E-state index is 12.2. The SMILES string of the molecule is CNC(=O)C(C)(C)CNC(=O)c1cccc(N)c1OC. The molecule has 0 aliphatic carbocycles. The molecule has 6 heteroatoms. The van der Waals surface area contributed by atoms with Crippen LogP contribution in [0.1, 0.15) is 24.2 Å². The van der Waals surface area contributed by atoms with E-state index in [0.29, 0.717) is 17.0 Å². The van der Waals surface area contributed by atoms with E-state index in [4.69, 9.17) is 10.5 Å². The lowest BCUT2D eigenvalue weighted by atomic mass is 9.92. The molecule has 0 spiro atoms. The van der Waals surface area contributed by atoms with Gasteiger partial charge in [0, 0.05) is 13.6 Å². The van der Waals surface area contributed by atoms with Gasteiger partial charge in [0.25, 0.3) is 5.91 Å². The van der Waals surface area contributed by atoms with E-state index in [-0.39, 0.29) is 18.4 Å². The molecule has 0 radical (unpaired) electrons. The molecular formula is C14H21N3O3. The number of ether oxygens (including phenoxy) is 1. The molecule has 0 aliphatic rings. The molecule has 0 unspecified atom stereocenters. The number of amides is 2. The standard InChI is InChI=1S/C14H21N3O3/c1-14(2,13(19)16-3)8-17-12(18)9-6-5-7-10(15)11(9)20-4/h5-7H,8,15H2,1-4H3,(H,16,19)(H,17,18). The van der Waals surface area contributed by atoms with Gasteiger partial charge in [-0.05, 0) is 26.0 Å². The molecule has 0 heterocycles. The summed E-state index contributed by atoms with van der Waals surface area (Å²) in [6.45, 7) is 3.72. The van der Waals surface area contributed by atoms with Gasteiger partial charge >= 0.3 is 0 Å². The summed E-state index contributed by atoms with van der Waals surface area (Å²) in [6, 6.07) is 4.96. The molecular weight excluding hydrogens is 258 g/mol. The van der Waals surface area contributed by atoms with E-state index < -0.39 is 5.41 Å². The lowest BCUT2D eigenvalue weighted by Gasteiger charge is -2.23. The van der Waals surface area contributed by atoms with Gasteiger partial charge in [-0.2, -0.15) is 0 Å². The van der Waals surface area contributed by atoms with Crippen molar-refractivity contribution in [2.24, 2.45) is 5.41 Å². The van der Waals surface area contributed by atoms with Gasteiger partial charge in [-0.25, -0.2) is 0 Å². The minimum absolute atomic E-state index is 0.141. The Morgan fingerprint density at radius 2 is 2.00 bits per heavy atom. The third kappa shape index (κ3) is 3.40. The molecule has 0 fully saturated rings. The molecule has 0 saturated heterocycles. The average molecular weight is 279 g/mol.